The molecular weight excluding hydrogens is 352 g/mol. The second kappa shape index (κ2) is 9.19. The van der Waals surface area contributed by atoms with E-state index in [2.05, 4.69) is 10.6 Å². The van der Waals surface area contributed by atoms with Gasteiger partial charge in [0.2, 0.25) is 5.91 Å². The highest BCUT2D eigenvalue weighted by Crippen LogP contribution is 2.26. The van der Waals surface area contributed by atoms with Crippen LogP contribution in [0.15, 0.2) is 60.8 Å². The molecule has 0 aliphatic rings. The van der Waals surface area contributed by atoms with Crippen LogP contribution in [0.25, 0.3) is 16.9 Å². The Morgan fingerprint density at radius 1 is 1.14 bits per heavy atom. The average Bonchev–Trinajstić information content (AvgIpc) is 3.16. The Kier molecular flexibility index (Phi) is 6.45. The summed E-state index contributed by atoms with van der Waals surface area (Å²) >= 11 is 0. The predicted molar refractivity (Wildman–Crippen MR) is 111 cm³/mol. The molecule has 1 aromatic heterocycles. The molecule has 0 spiro atoms. The van der Waals surface area contributed by atoms with Gasteiger partial charge in [-0.25, -0.2) is 4.68 Å². The molecule has 0 radical (unpaired) electrons. The van der Waals surface area contributed by atoms with Crippen molar-refractivity contribution in [2.45, 2.75) is 19.4 Å². The van der Waals surface area contributed by atoms with Crippen LogP contribution in [0.5, 0.6) is 5.75 Å². The van der Waals surface area contributed by atoms with Gasteiger partial charge in [-0.2, -0.15) is 5.10 Å². The molecule has 28 heavy (non-hydrogen) atoms. The van der Waals surface area contributed by atoms with Gasteiger partial charge in [0.05, 0.1) is 24.9 Å². The van der Waals surface area contributed by atoms with Crippen molar-refractivity contribution >= 4 is 5.91 Å². The summed E-state index contributed by atoms with van der Waals surface area (Å²) in [6.07, 6.45) is 2.20. The monoisotopic (exact) mass is 378 g/mol. The third-order valence-electron chi connectivity index (χ3n) is 4.62. The third-order valence-corrected chi connectivity index (χ3v) is 4.62. The molecule has 0 fully saturated rings. The number of rotatable bonds is 8. The Morgan fingerprint density at radius 3 is 2.50 bits per heavy atom. The Morgan fingerprint density at radius 2 is 1.86 bits per heavy atom. The van der Waals surface area contributed by atoms with Crippen molar-refractivity contribution in [2.75, 3.05) is 20.7 Å². The van der Waals surface area contributed by atoms with E-state index in [1.165, 1.54) is 0 Å². The van der Waals surface area contributed by atoms with Crippen molar-refractivity contribution in [1.82, 2.24) is 20.4 Å². The van der Waals surface area contributed by atoms with Gasteiger partial charge in [0.1, 0.15) is 5.75 Å². The minimum absolute atomic E-state index is 0.0236. The zero-order chi connectivity index (χ0) is 19.9. The van der Waals surface area contributed by atoms with Gasteiger partial charge < -0.3 is 15.4 Å². The number of methoxy groups -OCH3 is 1. The van der Waals surface area contributed by atoms with E-state index in [1.54, 1.807) is 7.11 Å². The largest absolute Gasteiger partial charge is 0.497 e. The number of carbonyl (C=O) groups excluding carboxylic acids is 1. The second-order valence-electron chi connectivity index (χ2n) is 6.68. The topological polar surface area (TPSA) is 68.2 Å². The molecular formula is C22H26N4O2. The van der Waals surface area contributed by atoms with Crippen LogP contribution in [0.1, 0.15) is 12.5 Å². The number of hydrogen-bond acceptors (Lipinski definition) is 4. The second-order valence-corrected chi connectivity index (χ2v) is 6.68. The van der Waals surface area contributed by atoms with Crippen LogP contribution in [0.4, 0.5) is 0 Å². The van der Waals surface area contributed by atoms with E-state index < -0.39 is 0 Å². The van der Waals surface area contributed by atoms with Crippen molar-refractivity contribution in [1.29, 1.82) is 0 Å². The first-order valence-electron chi connectivity index (χ1n) is 9.33. The zero-order valence-corrected chi connectivity index (χ0v) is 16.5. The molecule has 3 aromatic rings. The molecule has 3 rings (SSSR count). The summed E-state index contributed by atoms with van der Waals surface area (Å²) < 4.78 is 7.06. The molecule has 0 aliphatic heterocycles. The quantitative estimate of drug-likeness (QED) is 0.632. The molecule has 1 atom stereocenters. The SMILES string of the molecule is CNC(C)CNC(=O)Cc1cn(-c2ccccc2)nc1-c1ccc(OC)cc1. The summed E-state index contributed by atoms with van der Waals surface area (Å²) in [5.74, 6) is 0.760. The highest BCUT2D eigenvalue weighted by atomic mass is 16.5. The lowest BCUT2D eigenvalue weighted by atomic mass is 10.1. The van der Waals surface area contributed by atoms with Crippen LogP contribution in [-0.2, 0) is 11.2 Å². The maximum Gasteiger partial charge on any atom is 0.224 e. The van der Waals surface area contributed by atoms with Crippen molar-refractivity contribution in [3.63, 3.8) is 0 Å². The fraction of sp³-hybridized carbons (Fsp3) is 0.273. The standard InChI is InChI=1S/C22H26N4O2/c1-16(23-2)14-24-21(27)13-18-15-26(19-7-5-4-6-8-19)25-22(18)17-9-11-20(28-3)12-10-17/h4-12,15-16,23H,13-14H2,1-3H3,(H,24,27). The molecule has 0 saturated carbocycles. The highest BCUT2D eigenvalue weighted by Gasteiger charge is 2.16. The molecule has 1 heterocycles. The van der Waals surface area contributed by atoms with Crippen molar-refractivity contribution in [3.05, 3.63) is 66.4 Å². The number of para-hydroxylation sites is 1. The van der Waals surface area contributed by atoms with Gasteiger partial charge in [-0.3, -0.25) is 4.79 Å². The molecule has 2 aromatic carbocycles. The summed E-state index contributed by atoms with van der Waals surface area (Å²) in [5, 5.41) is 10.8. The lowest BCUT2D eigenvalue weighted by Gasteiger charge is -2.11. The molecule has 1 amide bonds. The van der Waals surface area contributed by atoms with Crippen LogP contribution >= 0.6 is 0 Å². The van der Waals surface area contributed by atoms with Crippen LogP contribution in [-0.4, -0.2) is 42.4 Å². The number of amides is 1. The number of benzene rings is 2. The fourth-order valence-corrected chi connectivity index (χ4v) is 2.85. The van der Waals surface area contributed by atoms with E-state index in [-0.39, 0.29) is 18.4 Å². The molecule has 0 aliphatic carbocycles. The van der Waals surface area contributed by atoms with Gasteiger partial charge in [0.25, 0.3) is 0 Å². The highest BCUT2D eigenvalue weighted by molar-refractivity contribution is 5.81. The van der Waals surface area contributed by atoms with Gasteiger partial charge in [0, 0.05) is 29.9 Å². The summed E-state index contributed by atoms with van der Waals surface area (Å²) in [6, 6.07) is 17.8. The number of nitrogens with one attached hydrogen (secondary N) is 2. The smallest absolute Gasteiger partial charge is 0.224 e. The van der Waals surface area contributed by atoms with Crippen LogP contribution < -0.4 is 15.4 Å². The average molecular weight is 378 g/mol. The summed E-state index contributed by atoms with van der Waals surface area (Å²) in [6.45, 7) is 2.61. The van der Waals surface area contributed by atoms with E-state index in [9.17, 15) is 4.79 Å². The number of nitrogens with zero attached hydrogens (tertiary/aromatic N) is 2. The first kappa shape index (κ1) is 19.6. The molecule has 6 heteroatoms. The van der Waals surface area contributed by atoms with E-state index in [0.717, 1.165) is 28.3 Å². The van der Waals surface area contributed by atoms with Crippen molar-refractivity contribution in [3.8, 4) is 22.7 Å². The van der Waals surface area contributed by atoms with Crippen LogP contribution in [0, 0.1) is 0 Å². The van der Waals surface area contributed by atoms with Gasteiger partial charge >= 0.3 is 0 Å². The van der Waals surface area contributed by atoms with Crippen molar-refractivity contribution in [2.24, 2.45) is 0 Å². The predicted octanol–water partition coefficient (Wildman–Crippen LogP) is 2.81. The Bertz CT molecular complexity index is 904. The van der Waals surface area contributed by atoms with E-state index in [0.29, 0.717) is 6.54 Å². The maximum absolute atomic E-state index is 12.5. The lowest BCUT2D eigenvalue weighted by molar-refractivity contribution is -0.120. The summed E-state index contributed by atoms with van der Waals surface area (Å²) in [4.78, 5) is 12.5. The third kappa shape index (κ3) is 4.78. The molecule has 146 valence electrons. The zero-order valence-electron chi connectivity index (χ0n) is 16.5. The number of hydrogen-bond donors (Lipinski definition) is 2. The number of likely N-dealkylation sites (N-methyl/N-ethyl adjacent to an activating group) is 1. The van der Waals surface area contributed by atoms with Gasteiger partial charge in [0.15, 0.2) is 0 Å². The van der Waals surface area contributed by atoms with E-state index in [1.807, 2.05) is 79.4 Å². The molecule has 1 unspecified atom stereocenters. The normalized spacial score (nSPS) is 11.8. The minimum Gasteiger partial charge on any atom is -0.497 e. The summed E-state index contributed by atoms with van der Waals surface area (Å²) in [7, 11) is 3.52. The van der Waals surface area contributed by atoms with Crippen LogP contribution in [0.3, 0.4) is 0 Å². The Labute approximate surface area is 165 Å². The first-order chi connectivity index (χ1) is 13.6. The molecule has 0 saturated heterocycles. The number of ether oxygens (including phenoxy) is 1. The van der Waals surface area contributed by atoms with E-state index in [4.69, 9.17) is 9.84 Å². The fourth-order valence-electron chi connectivity index (χ4n) is 2.85. The van der Waals surface area contributed by atoms with E-state index >= 15 is 0 Å². The molecule has 0 bridgehead atoms. The summed E-state index contributed by atoms with van der Waals surface area (Å²) in [5.41, 5.74) is 3.57. The van der Waals surface area contributed by atoms with Gasteiger partial charge in [-0.1, -0.05) is 18.2 Å². The van der Waals surface area contributed by atoms with Gasteiger partial charge in [-0.05, 0) is 50.4 Å². The van der Waals surface area contributed by atoms with Crippen LogP contribution in [0.2, 0.25) is 0 Å². The molecule has 2 N–H and O–H groups in total. The Balaban J connectivity index is 1.89. The Hall–Kier alpha value is -3.12. The molecule has 6 nitrogen and oxygen atoms in total. The first-order valence-corrected chi connectivity index (χ1v) is 9.33. The maximum atomic E-state index is 12.5. The van der Waals surface area contributed by atoms with Crippen molar-refractivity contribution < 1.29 is 9.53 Å². The number of aromatic nitrogens is 2. The minimum atomic E-state index is -0.0236. The van der Waals surface area contributed by atoms with Gasteiger partial charge in [-0.15, -0.1) is 0 Å². The lowest BCUT2D eigenvalue weighted by Crippen LogP contribution is -2.37. The number of carbonyl (C=O) groups is 1.